The minimum Gasteiger partial charge on any atom is -0.396 e. The number of hydrogen-bond acceptors (Lipinski definition) is 6. The first kappa shape index (κ1) is 16.6. The first-order valence-electron chi connectivity index (χ1n) is 5.40. The lowest BCUT2D eigenvalue weighted by atomic mass is 10.4. The number of allylic oxidation sites excluding steroid dienone is 1. The second-order valence-corrected chi connectivity index (χ2v) is 6.57. The van der Waals surface area contributed by atoms with Gasteiger partial charge in [0.25, 0.3) is 0 Å². The fourth-order valence-corrected chi connectivity index (χ4v) is 3.38. The van der Waals surface area contributed by atoms with E-state index in [9.17, 15) is 21.6 Å². The van der Waals surface area contributed by atoms with Crippen LogP contribution in [0.3, 0.4) is 0 Å². The maximum Gasteiger partial charge on any atom is 0.301 e. The predicted octanol–water partition coefficient (Wildman–Crippen LogP) is 2.75. The summed E-state index contributed by atoms with van der Waals surface area (Å²) in [5.74, 6) is -2.51. The lowest BCUT2D eigenvalue weighted by Gasteiger charge is -1.98. The van der Waals surface area contributed by atoms with Crippen LogP contribution in [-0.4, -0.2) is 32.0 Å². The quantitative estimate of drug-likeness (QED) is 0.570. The van der Waals surface area contributed by atoms with Crippen molar-refractivity contribution in [1.29, 1.82) is 0 Å². The third kappa shape index (κ3) is 4.93. The van der Waals surface area contributed by atoms with Gasteiger partial charge in [0.15, 0.2) is 5.83 Å². The molecule has 0 radical (unpaired) electrons. The molecule has 0 aromatic carbocycles. The van der Waals surface area contributed by atoms with Crippen LogP contribution in [0.1, 0.15) is 19.0 Å². The lowest BCUT2D eigenvalue weighted by Crippen LogP contribution is -2.07. The molecule has 1 heterocycles. The average molecular weight is 328 g/mol. The van der Waals surface area contributed by atoms with Gasteiger partial charge in [-0.05, 0) is 6.92 Å². The largest absolute Gasteiger partial charge is 0.396 e. The Bertz CT molecular complexity index is 607. The Morgan fingerprint density at radius 3 is 2.80 bits per heavy atom. The molecule has 0 fully saturated rings. The molecule has 0 saturated carbocycles. The summed E-state index contributed by atoms with van der Waals surface area (Å²) in [6.45, 7) is 2.08. The molecule has 0 aliphatic carbocycles. The van der Waals surface area contributed by atoms with E-state index in [2.05, 4.69) is 15.0 Å². The van der Waals surface area contributed by atoms with Crippen LogP contribution in [0.2, 0.25) is 0 Å². The van der Waals surface area contributed by atoms with Gasteiger partial charge < -0.3 is 4.84 Å². The van der Waals surface area contributed by atoms with Crippen LogP contribution in [0.15, 0.2) is 26.8 Å². The molecular formula is C10H11F3N2O3S2. The lowest BCUT2D eigenvalue weighted by molar-refractivity contribution is 0.160. The smallest absolute Gasteiger partial charge is 0.301 e. The molecule has 0 N–H and O–H groups in total. The van der Waals surface area contributed by atoms with E-state index in [1.165, 1.54) is 11.6 Å². The van der Waals surface area contributed by atoms with Crippen molar-refractivity contribution < 1.29 is 26.4 Å². The summed E-state index contributed by atoms with van der Waals surface area (Å²) >= 11 is 0.803. The van der Waals surface area contributed by atoms with Crippen molar-refractivity contribution in [2.45, 2.75) is 17.7 Å². The van der Waals surface area contributed by atoms with Crippen molar-refractivity contribution in [2.75, 3.05) is 12.4 Å². The first-order valence-corrected chi connectivity index (χ1v) is 7.93. The van der Waals surface area contributed by atoms with Crippen LogP contribution in [0, 0.1) is 0 Å². The summed E-state index contributed by atoms with van der Waals surface area (Å²) in [4.78, 5) is 8.44. The molecule has 0 atom stereocenters. The molecule has 0 bridgehead atoms. The molecule has 1 rings (SSSR count). The van der Waals surface area contributed by atoms with Crippen LogP contribution < -0.4 is 0 Å². The van der Waals surface area contributed by atoms with Crippen molar-refractivity contribution in [3.05, 3.63) is 23.0 Å². The van der Waals surface area contributed by atoms with E-state index >= 15 is 0 Å². The van der Waals surface area contributed by atoms with Crippen molar-refractivity contribution in [2.24, 2.45) is 5.16 Å². The van der Waals surface area contributed by atoms with E-state index in [-0.39, 0.29) is 10.0 Å². The SMILES string of the molecule is CCON=Cc1csc(S(=O)(=O)CCC(F)=C(F)F)n1. The fraction of sp³-hybridized carbons (Fsp3) is 0.400. The molecule has 0 unspecified atom stereocenters. The van der Waals surface area contributed by atoms with Gasteiger partial charge in [-0.25, -0.2) is 17.8 Å². The second kappa shape index (κ2) is 7.39. The van der Waals surface area contributed by atoms with Gasteiger partial charge >= 0.3 is 6.08 Å². The normalized spacial score (nSPS) is 11.8. The molecule has 0 spiro atoms. The monoisotopic (exact) mass is 328 g/mol. The van der Waals surface area contributed by atoms with Gasteiger partial charge in [0.05, 0.1) is 17.7 Å². The molecule has 10 heteroatoms. The zero-order valence-electron chi connectivity index (χ0n) is 10.3. The summed E-state index contributed by atoms with van der Waals surface area (Å²) in [7, 11) is -3.90. The minimum atomic E-state index is -3.90. The molecule has 0 aliphatic rings. The number of aromatic nitrogens is 1. The Balaban J connectivity index is 2.76. The molecule has 112 valence electrons. The molecule has 0 amide bonds. The average Bonchev–Trinajstić information content (AvgIpc) is 2.86. The third-order valence-electron chi connectivity index (χ3n) is 1.95. The molecule has 1 aromatic rings. The van der Waals surface area contributed by atoms with Crippen LogP contribution in [0.4, 0.5) is 13.2 Å². The molecule has 5 nitrogen and oxygen atoms in total. The second-order valence-electron chi connectivity index (χ2n) is 3.42. The van der Waals surface area contributed by atoms with Crippen LogP contribution >= 0.6 is 11.3 Å². The Labute approximate surface area is 117 Å². The van der Waals surface area contributed by atoms with Gasteiger partial charge in [0.2, 0.25) is 14.2 Å². The van der Waals surface area contributed by atoms with Crippen LogP contribution in [0.5, 0.6) is 0 Å². The first-order chi connectivity index (χ1) is 9.36. The highest BCUT2D eigenvalue weighted by atomic mass is 32.2. The molecule has 20 heavy (non-hydrogen) atoms. The molecule has 0 saturated heterocycles. The van der Waals surface area contributed by atoms with Crippen molar-refractivity contribution in [1.82, 2.24) is 4.98 Å². The van der Waals surface area contributed by atoms with E-state index in [4.69, 9.17) is 0 Å². The third-order valence-corrected chi connectivity index (χ3v) is 5.02. The Morgan fingerprint density at radius 2 is 2.20 bits per heavy atom. The fourth-order valence-electron chi connectivity index (χ4n) is 1.04. The summed E-state index contributed by atoms with van der Waals surface area (Å²) in [5.41, 5.74) is 0.259. The number of sulfone groups is 1. The highest BCUT2D eigenvalue weighted by Crippen LogP contribution is 2.20. The van der Waals surface area contributed by atoms with Gasteiger partial charge in [0.1, 0.15) is 6.61 Å². The van der Waals surface area contributed by atoms with Crippen molar-refractivity contribution >= 4 is 27.4 Å². The van der Waals surface area contributed by atoms with E-state index in [1.807, 2.05) is 0 Å². The number of thiazole rings is 1. The zero-order chi connectivity index (χ0) is 15.2. The Hall–Kier alpha value is -1.42. The zero-order valence-corrected chi connectivity index (χ0v) is 12.0. The number of halogens is 3. The number of nitrogens with zero attached hydrogens (tertiary/aromatic N) is 2. The predicted molar refractivity (Wildman–Crippen MR) is 68.4 cm³/mol. The van der Waals surface area contributed by atoms with Crippen LogP contribution in [0.25, 0.3) is 0 Å². The number of hydrogen-bond donors (Lipinski definition) is 0. The van der Waals surface area contributed by atoms with Gasteiger partial charge in [-0.2, -0.15) is 8.78 Å². The van der Waals surface area contributed by atoms with Gasteiger partial charge in [0, 0.05) is 11.8 Å². The standard InChI is InChI=1S/C10H11F3N2O3S2/c1-2-18-14-5-7-6-19-10(15-7)20(16,17)4-3-8(11)9(12)13/h5-6H,2-4H2,1H3. The van der Waals surface area contributed by atoms with Crippen molar-refractivity contribution in [3.63, 3.8) is 0 Å². The van der Waals surface area contributed by atoms with E-state index < -0.39 is 33.9 Å². The molecular weight excluding hydrogens is 317 g/mol. The van der Waals surface area contributed by atoms with E-state index in [1.54, 1.807) is 6.92 Å². The maximum atomic E-state index is 12.6. The van der Waals surface area contributed by atoms with Gasteiger partial charge in [-0.1, -0.05) is 5.16 Å². The van der Waals surface area contributed by atoms with E-state index in [0.29, 0.717) is 6.61 Å². The summed E-state index contributed by atoms with van der Waals surface area (Å²) in [6, 6.07) is 0. The van der Waals surface area contributed by atoms with Crippen LogP contribution in [-0.2, 0) is 14.7 Å². The van der Waals surface area contributed by atoms with Gasteiger partial charge in [-0.15, -0.1) is 11.3 Å². The molecule has 0 aliphatic heterocycles. The summed E-state index contributed by atoms with van der Waals surface area (Å²) in [6.07, 6.45) is -2.17. The minimum absolute atomic E-state index is 0.259. The van der Waals surface area contributed by atoms with Crippen molar-refractivity contribution in [3.8, 4) is 0 Å². The summed E-state index contributed by atoms with van der Waals surface area (Å²) < 4.78 is 59.5. The van der Waals surface area contributed by atoms with E-state index in [0.717, 1.165) is 11.3 Å². The number of oxime groups is 1. The Morgan fingerprint density at radius 1 is 1.50 bits per heavy atom. The topological polar surface area (TPSA) is 68.6 Å². The molecule has 1 aromatic heterocycles. The number of rotatable bonds is 7. The maximum absolute atomic E-state index is 12.6. The van der Waals surface area contributed by atoms with Gasteiger partial charge in [-0.3, -0.25) is 0 Å². The highest BCUT2D eigenvalue weighted by molar-refractivity contribution is 7.93. The Kier molecular flexibility index (Phi) is 6.14. The highest BCUT2D eigenvalue weighted by Gasteiger charge is 2.20. The summed E-state index contributed by atoms with van der Waals surface area (Å²) in [5, 5.41) is 4.92.